The largest absolute Gasteiger partial charge is 0.478 e. The molecule has 0 bridgehead atoms. The number of rotatable bonds is 4. The third-order valence-corrected chi connectivity index (χ3v) is 1.11. The molecule has 0 aliphatic rings. The highest BCUT2D eigenvalue weighted by atomic mass is 35.5. The first kappa shape index (κ1) is 10.3. The van der Waals surface area contributed by atoms with Crippen LogP contribution in [0.3, 0.4) is 0 Å². The smallest absolute Gasteiger partial charge is 0.162 e. The first-order valence-electron chi connectivity index (χ1n) is 3.49. The number of hydrogen-bond acceptors (Lipinski definition) is 1. The van der Waals surface area contributed by atoms with Crippen molar-refractivity contribution in [1.82, 2.24) is 0 Å². The quantitative estimate of drug-likeness (QED) is 0.360. The molecule has 0 saturated heterocycles. The molecule has 0 radical (unpaired) electrons. The van der Waals surface area contributed by atoms with Gasteiger partial charge in [-0.3, -0.25) is 0 Å². The summed E-state index contributed by atoms with van der Waals surface area (Å²) in [7, 11) is 0. The van der Waals surface area contributed by atoms with Crippen molar-refractivity contribution in [3.05, 3.63) is 36.1 Å². The monoisotopic (exact) mass is 172 g/mol. The lowest BCUT2D eigenvalue weighted by Gasteiger charge is -1.99. The molecule has 0 saturated carbocycles. The normalized spacial score (nSPS) is 13.2. The van der Waals surface area contributed by atoms with E-state index in [1.807, 2.05) is 44.2 Å². The second-order valence-electron chi connectivity index (χ2n) is 1.85. The van der Waals surface area contributed by atoms with E-state index in [-0.39, 0.29) is 6.07 Å². The van der Waals surface area contributed by atoms with Crippen molar-refractivity contribution >= 4 is 11.6 Å². The summed E-state index contributed by atoms with van der Waals surface area (Å²) in [5, 5.41) is 0. The number of alkyl halides is 1. The summed E-state index contributed by atoms with van der Waals surface area (Å²) >= 11 is 5.39. The summed E-state index contributed by atoms with van der Waals surface area (Å²) in [6.45, 7) is 3.88. The van der Waals surface area contributed by atoms with Crippen molar-refractivity contribution < 1.29 is 4.74 Å². The number of halogens is 1. The standard InChI is InChI=1S/C9H13ClO/c1-3-5-7-9(6-4-2)11-8-10/h3-7H,8H2,1-2H3/b5-3-,6-4-,9-7+. The molecule has 0 spiro atoms. The highest BCUT2D eigenvalue weighted by molar-refractivity contribution is 6.17. The van der Waals surface area contributed by atoms with Crippen molar-refractivity contribution in [3.8, 4) is 0 Å². The van der Waals surface area contributed by atoms with Crippen LogP contribution in [0, 0.1) is 0 Å². The van der Waals surface area contributed by atoms with Gasteiger partial charge in [0.15, 0.2) is 6.07 Å². The van der Waals surface area contributed by atoms with Crippen LogP contribution in [0.1, 0.15) is 13.8 Å². The van der Waals surface area contributed by atoms with Gasteiger partial charge in [-0.1, -0.05) is 29.8 Å². The predicted octanol–water partition coefficient (Wildman–Crippen LogP) is 3.24. The Balaban J connectivity index is 4.07. The summed E-state index contributed by atoms with van der Waals surface area (Å²) < 4.78 is 5.07. The van der Waals surface area contributed by atoms with Gasteiger partial charge in [0.2, 0.25) is 0 Å². The minimum Gasteiger partial charge on any atom is -0.478 e. The van der Waals surface area contributed by atoms with Crippen LogP contribution in [0.4, 0.5) is 0 Å². The first-order chi connectivity index (χ1) is 5.35. The molecule has 0 N–H and O–H groups in total. The van der Waals surface area contributed by atoms with Crippen molar-refractivity contribution in [3.63, 3.8) is 0 Å². The molecule has 0 rings (SSSR count). The van der Waals surface area contributed by atoms with Gasteiger partial charge in [-0.25, -0.2) is 0 Å². The Morgan fingerprint density at radius 2 is 2.09 bits per heavy atom. The Hall–Kier alpha value is -0.690. The Kier molecular flexibility index (Phi) is 6.95. The van der Waals surface area contributed by atoms with E-state index in [4.69, 9.17) is 16.3 Å². The molecule has 2 heteroatoms. The van der Waals surface area contributed by atoms with Crippen LogP contribution in [-0.2, 0) is 4.74 Å². The zero-order chi connectivity index (χ0) is 8.53. The molecule has 0 aromatic rings. The van der Waals surface area contributed by atoms with Crippen molar-refractivity contribution in [2.75, 3.05) is 6.07 Å². The van der Waals surface area contributed by atoms with Crippen LogP contribution in [0.5, 0.6) is 0 Å². The maximum Gasteiger partial charge on any atom is 0.162 e. The van der Waals surface area contributed by atoms with Gasteiger partial charge >= 0.3 is 0 Å². The summed E-state index contributed by atoms with van der Waals surface area (Å²) in [6, 6.07) is 0.188. The fourth-order valence-corrected chi connectivity index (χ4v) is 0.696. The summed E-state index contributed by atoms with van der Waals surface area (Å²) in [5.74, 6) is 0.778. The molecule has 11 heavy (non-hydrogen) atoms. The molecule has 0 aromatic heterocycles. The van der Waals surface area contributed by atoms with Crippen LogP contribution in [0.15, 0.2) is 36.1 Å². The van der Waals surface area contributed by atoms with E-state index in [1.54, 1.807) is 0 Å². The molecule has 0 heterocycles. The number of ether oxygens (including phenoxy) is 1. The van der Waals surface area contributed by atoms with Crippen molar-refractivity contribution in [2.24, 2.45) is 0 Å². The van der Waals surface area contributed by atoms with Crippen LogP contribution in [0.25, 0.3) is 0 Å². The summed E-state index contributed by atoms with van der Waals surface area (Å²) in [5.41, 5.74) is 0. The maximum atomic E-state index is 5.39. The van der Waals surface area contributed by atoms with Gasteiger partial charge in [0.1, 0.15) is 5.76 Å². The van der Waals surface area contributed by atoms with Gasteiger partial charge in [0.25, 0.3) is 0 Å². The molecular formula is C9H13ClO. The molecule has 0 amide bonds. The lowest BCUT2D eigenvalue weighted by atomic mass is 10.4. The average molecular weight is 173 g/mol. The highest BCUT2D eigenvalue weighted by Gasteiger charge is 1.86. The molecule has 62 valence electrons. The zero-order valence-electron chi connectivity index (χ0n) is 6.88. The second kappa shape index (κ2) is 7.42. The van der Waals surface area contributed by atoms with E-state index in [9.17, 15) is 0 Å². The molecule has 0 atom stereocenters. The van der Waals surface area contributed by atoms with E-state index < -0.39 is 0 Å². The van der Waals surface area contributed by atoms with E-state index in [0.717, 1.165) is 5.76 Å². The lowest BCUT2D eigenvalue weighted by molar-refractivity contribution is 0.283. The van der Waals surface area contributed by atoms with Gasteiger partial charge in [-0.05, 0) is 26.0 Å². The summed E-state index contributed by atoms with van der Waals surface area (Å²) in [4.78, 5) is 0. The van der Waals surface area contributed by atoms with Crippen molar-refractivity contribution in [1.29, 1.82) is 0 Å². The van der Waals surface area contributed by atoms with Gasteiger partial charge in [-0.2, -0.15) is 0 Å². The maximum absolute atomic E-state index is 5.39. The van der Waals surface area contributed by atoms with E-state index >= 15 is 0 Å². The first-order valence-corrected chi connectivity index (χ1v) is 4.03. The van der Waals surface area contributed by atoms with Crippen molar-refractivity contribution in [2.45, 2.75) is 13.8 Å². The minimum atomic E-state index is 0.188. The second-order valence-corrected chi connectivity index (χ2v) is 2.07. The summed E-state index contributed by atoms with van der Waals surface area (Å²) in [6.07, 6.45) is 9.47. The van der Waals surface area contributed by atoms with E-state index in [2.05, 4.69) is 0 Å². The van der Waals surface area contributed by atoms with E-state index in [0.29, 0.717) is 0 Å². The lowest BCUT2D eigenvalue weighted by Crippen LogP contribution is -1.84. The molecule has 1 nitrogen and oxygen atoms in total. The van der Waals surface area contributed by atoms with Crippen LogP contribution in [-0.4, -0.2) is 6.07 Å². The SMILES string of the molecule is C\C=C/C=C(\C=C/C)OCCl. The molecule has 0 unspecified atom stereocenters. The van der Waals surface area contributed by atoms with Crippen LogP contribution < -0.4 is 0 Å². The zero-order valence-corrected chi connectivity index (χ0v) is 7.64. The van der Waals surface area contributed by atoms with E-state index in [1.165, 1.54) is 0 Å². The number of hydrogen-bond donors (Lipinski definition) is 0. The van der Waals surface area contributed by atoms with Crippen LogP contribution in [0.2, 0.25) is 0 Å². The fraction of sp³-hybridized carbons (Fsp3) is 0.333. The average Bonchev–Trinajstić information content (AvgIpc) is 2.01. The Morgan fingerprint density at radius 3 is 2.55 bits per heavy atom. The predicted molar refractivity (Wildman–Crippen MR) is 49.5 cm³/mol. The van der Waals surface area contributed by atoms with Gasteiger partial charge in [-0.15, -0.1) is 0 Å². The number of allylic oxidation sites excluding steroid dienone is 5. The highest BCUT2D eigenvalue weighted by Crippen LogP contribution is 2.00. The fourth-order valence-electron chi connectivity index (χ4n) is 0.570. The topological polar surface area (TPSA) is 9.23 Å². The van der Waals surface area contributed by atoms with Gasteiger partial charge < -0.3 is 4.74 Å². The Labute approximate surface area is 73.0 Å². The third kappa shape index (κ3) is 5.74. The minimum absolute atomic E-state index is 0.188. The Bertz CT molecular complexity index is 168. The molecule has 0 aromatic carbocycles. The van der Waals surface area contributed by atoms with Crippen LogP contribution >= 0.6 is 11.6 Å². The molecule has 0 fully saturated rings. The molecule has 0 aliphatic carbocycles. The molecule has 0 aliphatic heterocycles. The Morgan fingerprint density at radius 1 is 1.36 bits per heavy atom. The van der Waals surface area contributed by atoms with Gasteiger partial charge in [0, 0.05) is 0 Å². The molecular weight excluding hydrogens is 160 g/mol. The third-order valence-electron chi connectivity index (χ3n) is 1.01. The van der Waals surface area contributed by atoms with Gasteiger partial charge in [0.05, 0.1) is 0 Å².